The zero-order chi connectivity index (χ0) is 23.3. The summed E-state index contributed by atoms with van der Waals surface area (Å²) in [6, 6.07) is 15.2. The van der Waals surface area contributed by atoms with Crippen LogP contribution in [0.3, 0.4) is 0 Å². The van der Waals surface area contributed by atoms with E-state index in [1.165, 1.54) is 32.4 Å². The Morgan fingerprint density at radius 2 is 1.66 bits per heavy atom. The van der Waals surface area contributed by atoms with Crippen LogP contribution in [0.25, 0.3) is 0 Å². The number of methoxy groups -OCH3 is 2. The quantitative estimate of drug-likeness (QED) is 0.521. The van der Waals surface area contributed by atoms with Gasteiger partial charge in [-0.3, -0.25) is 9.10 Å². The Labute approximate surface area is 190 Å². The van der Waals surface area contributed by atoms with Gasteiger partial charge in [0.2, 0.25) is 5.91 Å². The smallest absolute Gasteiger partial charge is 0.264 e. The molecule has 10 heteroatoms. The first-order valence-electron chi connectivity index (χ1n) is 9.30. The van der Waals surface area contributed by atoms with Gasteiger partial charge >= 0.3 is 0 Å². The number of amides is 1. The molecule has 0 unspecified atom stereocenters. The Bertz CT molecular complexity index is 1200. The number of benzene rings is 3. The molecule has 0 saturated heterocycles. The van der Waals surface area contributed by atoms with E-state index in [1.54, 1.807) is 24.3 Å². The van der Waals surface area contributed by atoms with Crippen molar-refractivity contribution >= 4 is 38.9 Å². The molecule has 3 rings (SSSR count). The summed E-state index contributed by atoms with van der Waals surface area (Å²) < 4.78 is 51.0. The number of hydrogen-bond donors (Lipinski definition) is 1. The maximum absolute atomic E-state index is 13.3. The minimum Gasteiger partial charge on any atom is -0.497 e. The second-order valence-electron chi connectivity index (χ2n) is 6.56. The zero-order valence-electron chi connectivity index (χ0n) is 17.2. The molecule has 0 radical (unpaired) electrons. The molecule has 168 valence electrons. The predicted molar refractivity (Wildman–Crippen MR) is 121 cm³/mol. The molecule has 0 saturated carbocycles. The summed E-state index contributed by atoms with van der Waals surface area (Å²) in [6.07, 6.45) is 0. The molecular weight excluding hydrogens is 459 g/mol. The highest BCUT2D eigenvalue weighted by Gasteiger charge is 2.27. The standard InChI is InChI=1S/C22H20ClFN2O5S/c1-30-18-8-6-17(7-9-18)26(32(28,29)19-10-3-15(24)4-11-19)14-22(27)25-16-5-12-21(31-2)20(23)13-16/h3-13H,14H2,1-2H3,(H,25,27). The molecule has 1 N–H and O–H groups in total. The lowest BCUT2D eigenvalue weighted by molar-refractivity contribution is -0.114. The Hall–Kier alpha value is -3.30. The van der Waals surface area contributed by atoms with Gasteiger partial charge in [0.15, 0.2) is 0 Å². The van der Waals surface area contributed by atoms with Crippen LogP contribution in [-0.2, 0) is 14.8 Å². The van der Waals surface area contributed by atoms with E-state index in [1.807, 2.05) is 0 Å². The van der Waals surface area contributed by atoms with E-state index < -0.39 is 28.3 Å². The molecule has 32 heavy (non-hydrogen) atoms. The van der Waals surface area contributed by atoms with Crippen LogP contribution in [0.2, 0.25) is 5.02 Å². The number of halogens is 2. The fraction of sp³-hybridized carbons (Fsp3) is 0.136. The molecule has 0 aliphatic rings. The van der Waals surface area contributed by atoms with Crippen molar-refractivity contribution in [2.45, 2.75) is 4.90 Å². The Kier molecular flexibility index (Phi) is 7.22. The molecule has 0 aliphatic carbocycles. The van der Waals surface area contributed by atoms with Crippen LogP contribution in [0.4, 0.5) is 15.8 Å². The normalized spacial score (nSPS) is 11.0. The van der Waals surface area contributed by atoms with Gasteiger partial charge in [-0.25, -0.2) is 12.8 Å². The van der Waals surface area contributed by atoms with E-state index in [0.29, 0.717) is 17.2 Å². The van der Waals surface area contributed by atoms with Crippen LogP contribution >= 0.6 is 11.6 Å². The van der Waals surface area contributed by atoms with E-state index >= 15 is 0 Å². The van der Waals surface area contributed by atoms with Gasteiger partial charge < -0.3 is 14.8 Å². The summed E-state index contributed by atoms with van der Waals surface area (Å²) in [5, 5.41) is 2.91. The van der Waals surface area contributed by atoms with Crippen molar-refractivity contribution in [2.75, 3.05) is 30.4 Å². The lowest BCUT2D eigenvalue weighted by Crippen LogP contribution is -2.38. The third kappa shape index (κ3) is 5.30. The van der Waals surface area contributed by atoms with E-state index in [-0.39, 0.29) is 15.6 Å². The van der Waals surface area contributed by atoms with Gasteiger partial charge in [0.05, 0.1) is 29.8 Å². The van der Waals surface area contributed by atoms with Crippen LogP contribution in [0, 0.1) is 5.82 Å². The van der Waals surface area contributed by atoms with Gasteiger partial charge in [-0.05, 0) is 66.7 Å². The zero-order valence-corrected chi connectivity index (χ0v) is 18.8. The Morgan fingerprint density at radius 3 is 2.22 bits per heavy atom. The highest BCUT2D eigenvalue weighted by molar-refractivity contribution is 7.92. The average Bonchev–Trinajstić information content (AvgIpc) is 2.78. The van der Waals surface area contributed by atoms with Crippen molar-refractivity contribution in [3.63, 3.8) is 0 Å². The molecule has 0 aliphatic heterocycles. The van der Waals surface area contributed by atoms with Gasteiger partial charge in [0.1, 0.15) is 23.9 Å². The predicted octanol–water partition coefficient (Wildman–Crippen LogP) is 4.33. The SMILES string of the molecule is COc1ccc(N(CC(=O)Nc2ccc(OC)c(Cl)c2)S(=O)(=O)c2ccc(F)cc2)cc1. The Morgan fingerprint density at radius 1 is 1.00 bits per heavy atom. The fourth-order valence-corrected chi connectivity index (χ4v) is 4.55. The van der Waals surface area contributed by atoms with Crippen LogP contribution in [0.1, 0.15) is 0 Å². The number of ether oxygens (including phenoxy) is 2. The first-order valence-corrected chi connectivity index (χ1v) is 11.1. The van der Waals surface area contributed by atoms with E-state index in [2.05, 4.69) is 5.32 Å². The van der Waals surface area contributed by atoms with Crippen LogP contribution in [0.15, 0.2) is 71.6 Å². The molecule has 7 nitrogen and oxygen atoms in total. The Balaban J connectivity index is 1.92. The summed E-state index contributed by atoms with van der Waals surface area (Å²) in [6.45, 7) is -0.532. The lowest BCUT2D eigenvalue weighted by Gasteiger charge is -2.24. The maximum atomic E-state index is 13.3. The van der Waals surface area contributed by atoms with Gasteiger partial charge in [-0.1, -0.05) is 11.6 Å². The van der Waals surface area contributed by atoms with Crippen molar-refractivity contribution < 1.29 is 27.1 Å². The summed E-state index contributed by atoms with van der Waals surface area (Å²) in [7, 11) is -1.23. The number of hydrogen-bond acceptors (Lipinski definition) is 5. The average molecular weight is 479 g/mol. The van der Waals surface area contributed by atoms with E-state index in [0.717, 1.165) is 28.6 Å². The van der Waals surface area contributed by atoms with Crippen molar-refractivity contribution in [3.8, 4) is 11.5 Å². The summed E-state index contributed by atoms with van der Waals surface area (Å²) >= 11 is 6.08. The van der Waals surface area contributed by atoms with Crippen molar-refractivity contribution in [1.82, 2.24) is 0 Å². The molecule has 0 heterocycles. The molecule has 0 atom stereocenters. The number of nitrogens with zero attached hydrogens (tertiary/aromatic N) is 1. The van der Waals surface area contributed by atoms with Crippen LogP contribution in [-0.4, -0.2) is 35.1 Å². The molecule has 1 amide bonds. The monoisotopic (exact) mass is 478 g/mol. The number of nitrogens with one attached hydrogen (secondary N) is 1. The second kappa shape index (κ2) is 9.88. The van der Waals surface area contributed by atoms with Crippen LogP contribution < -0.4 is 19.1 Å². The minimum absolute atomic E-state index is 0.157. The number of sulfonamides is 1. The van der Waals surface area contributed by atoms with Crippen molar-refractivity contribution in [2.24, 2.45) is 0 Å². The number of carbonyl (C=O) groups excluding carboxylic acids is 1. The summed E-state index contributed by atoms with van der Waals surface area (Å²) in [5.41, 5.74) is 0.604. The maximum Gasteiger partial charge on any atom is 0.264 e. The summed E-state index contributed by atoms with van der Waals surface area (Å²) in [5.74, 6) is -0.226. The lowest BCUT2D eigenvalue weighted by atomic mass is 10.3. The number of carbonyl (C=O) groups is 1. The van der Waals surface area contributed by atoms with Gasteiger partial charge in [0, 0.05) is 5.69 Å². The summed E-state index contributed by atoms with van der Waals surface area (Å²) in [4.78, 5) is 12.6. The highest BCUT2D eigenvalue weighted by Crippen LogP contribution is 2.28. The van der Waals surface area contributed by atoms with E-state index in [9.17, 15) is 17.6 Å². The molecular formula is C22H20ClFN2O5S. The third-order valence-electron chi connectivity index (χ3n) is 4.48. The van der Waals surface area contributed by atoms with Crippen molar-refractivity contribution in [1.29, 1.82) is 0 Å². The number of anilines is 2. The topological polar surface area (TPSA) is 84.9 Å². The van der Waals surface area contributed by atoms with Crippen LogP contribution in [0.5, 0.6) is 11.5 Å². The van der Waals surface area contributed by atoms with Gasteiger partial charge in [0.25, 0.3) is 10.0 Å². The first-order chi connectivity index (χ1) is 15.2. The first kappa shape index (κ1) is 23.4. The molecule has 3 aromatic carbocycles. The molecule has 0 bridgehead atoms. The third-order valence-corrected chi connectivity index (χ3v) is 6.57. The van der Waals surface area contributed by atoms with Gasteiger partial charge in [-0.15, -0.1) is 0 Å². The van der Waals surface area contributed by atoms with E-state index in [4.69, 9.17) is 21.1 Å². The largest absolute Gasteiger partial charge is 0.497 e. The second-order valence-corrected chi connectivity index (χ2v) is 8.83. The molecule has 0 aromatic heterocycles. The highest BCUT2D eigenvalue weighted by atomic mass is 35.5. The number of rotatable bonds is 8. The molecule has 0 fully saturated rings. The van der Waals surface area contributed by atoms with Gasteiger partial charge in [-0.2, -0.15) is 0 Å². The molecule has 3 aromatic rings. The molecule has 0 spiro atoms. The minimum atomic E-state index is -4.18. The fourth-order valence-electron chi connectivity index (χ4n) is 2.87. The van der Waals surface area contributed by atoms with Crippen molar-refractivity contribution in [3.05, 3.63) is 77.6 Å².